The average molecular weight is 264 g/mol. The molecule has 0 aromatic heterocycles. The fraction of sp³-hybridized carbons (Fsp3) is 0.733. The van der Waals surface area contributed by atoms with Crippen LogP contribution in [0.25, 0.3) is 0 Å². The fourth-order valence-corrected chi connectivity index (χ4v) is 2.54. The van der Waals surface area contributed by atoms with Gasteiger partial charge in [0.05, 0.1) is 13.2 Å². The molecule has 1 atom stereocenters. The lowest BCUT2D eigenvalue weighted by Gasteiger charge is -2.34. The second kappa shape index (κ2) is 5.76. The van der Waals surface area contributed by atoms with E-state index in [1.54, 1.807) is 0 Å². The molecule has 0 fully saturated rings. The number of aliphatic imine (C=N–C) groups is 2. The first-order valence-electron chi connectivity index (χ1n) is 7.21. The Labute approximate surface area is 115 Å². The molecule has 0 aromatic rings. The standard InChI is InChI=1S/C15H24N2O2/c1-5-18-13-12(11(3)4)16-14(19-6-2)15(17-13)9-7-8-10-15/h7-8,11-12H,5-6,9-10H2,1-4H3/t12-/m1/s1. The molecule has 0 saturated heterocycles. The van der Waals surface area contributed by atoms with Crippen LogP contribution in [0.5, 0.6) is 0 Å². The number of rotatable bonds is 3. The summed E-state index contributed by atoms with van der Waals surface area (Å²) in [6, 6.07) is -0.0206. The molecule has 2 aliphatic rings. The summed E-state index contributed by atoms with van der Waals surface area (Å²) in [4.78, 5) is 9.69. The number of hydrogen-bond acceptors (Lipinski definition) is 4. The van der Waals surface area contributed by atoms with Crippen LogP contribution in [0.2, 0.25) is 0 Å². The first-order chi connectivity index (χ1) is 9.13. The van der Waals surface area contributed by atoms with E-state index in [4.69, 9.17) is 19.5 Å². The summed E-state index contributed by atoms with van der Waals surface area (Å²) >= 11 is 0. The van der Waals surface area contributed by atoms with Crippen molar-refractivity contribution in [2.45, 2.75) is 52.1 Å². The van der Waals surface area contributed by atoms with Gasteiger partial charge in [-0.15, -0.1) is 0 Å². The van der Waals surface area contributed by atoms with Crippen molar-refractivity contribution in [2.24, 2.45) is 15.9 Å². The van der Waals surface area contributed by atoms with E-state index in [2.05, 4.69) is 26.0 Å². The molecule has 1 aliphatic carbocycles. The van der Waals surface area contributed by atoms with E-state index in [-0.39, 0.29) is 11.6 Å². The Morgan fingerprint density at radius 2 is 1.84 bits per heavy atom. The maximum Gasteiger partial charge on any atom is 0.213 e. The molecule has 1 heterocycles. The molecule has 106 valence electrons. The Bertz CT molecular complexity index is 402. The molecule has 1 aliphatic heterocycles. The minimum Gasteiger partial charge on any atom is -0.480 e. The molecule has 0 amide bonds. The molecule has 0 N–H and O–H groups in total. The Morgan fingerprint density at radius 1 is 1.21 bits per heavy atom. The topological polar surface area (TPSA) is 43.2 Å². The smallest absolute Gasteiger partial charge is 0.213 e. The van der Waals surface area contributed by atoms with Gasteiger partial charge in [0.15, 0.2) is 0 Å². The first kappa shape index (κ1) is 14.1. The predicted octanol–water partition coefficient (Wildman–Crippen LogP) is 2.98. The lowest BCUT2D eigenvalue weighted by atomic mass is 9.93. The molecule has 4 heteroatoms. The predicted molar refractivity (Wildman–Crippen MR) is 77.9 cm³/mol. The third-order valence-electron chi connectivity index (χ3n) is 3.51. The zero-order valence-electron chi connectivity index (χ0n) is 12.3. The minimum absolute atomic E-state index is 0.0206. The van der Waals surface area contributed by atoms with Crippen molar-refractivity contribution in [1.29, 1.82) is 0 Å². The molecule has 0 radical (unpaired) electrons. The normalized spacial score (nSPS) is 24.6. The van der Waals surface area contributed by atoms with Gasteiger partial charge in [-0.1, -0.05) is 26.0 Å². The van der Waals surface area contributed by atoms with E-state index in [9.17, 15) is 0 Å². The van der Waals surface area contributed by atoms with E-state index in [1.165, 1.54) is 0 Å². The second-order valence-electron chi connectivity index (χ2n) is 5.35. The van der Waals surface area contributed by atoms with E-state index >= 15 is 0 Å². The Kier molecular flexibility index (Phi) is 4.27. The van der Waals surface area contributed by atoms with Crippen LogP contribution in [-0.4, -0.2) is 36.6 Å². The van der Waals surface area contributed by atoms with Gasteiger partial charge in [-0.05, 0) is 32.6 Å². The summed E-state index contributed by atoms with van der Waals surface area (Å²) in [5.74, 6) is 1.90. The molecular weight excluding hydrogens is 240 g/mol. The molecule has 0 bridgehead atoms. The van der Waals surface area contributed by atoms with E-state index in [0.29, 0.717) is 19.1 Å². The van der Waals surface area contributed by atoms with Gasteiger partial charge in [-0.25, -0.2) is 9.98 Å². The largest absolute Gasteiger partial charge is 0.480 e. The van der Waals surface area contributed by atoms with E-state index in [0.717, 1.165) is 24.6 Å². The average Bonchev–Trinajstić information content (AvgIpc) is 2.82. The number of nitrogens with zero attached hydrogens (tertiary/aromatic N) is 2. The summed E-state index contributed by atoms with van der Waals surface area (Å²) in [7, 11) is 0. The van der Waals surface area contributed by atoms with Crippen LogP contribution in [-0.2, 0) is 9.47 Å². The van der Waals surface area contributed by atoms with Gasteiger partial charge in [0, 0.05) is 0 Å². The quantitative estimate of drug-likeness (QED) is 0.735. The molecule has 4 nitrogen and oxygen atoms in total. The maximum absolute atomic E-state index is 5.77. The molecule has 2 rings (SSSR count). The van der Waals surface area contributed by atoms with Gasteiger partial charge in [-0.2, -0.15) is 0 Å². The lowest BCUT2D eigenvalue weighted by Crippen LogP contribution is -2.45. The van der Waals surface area contributed by atoms with E-state index < -0.39 is 0 Å². The van der Waals surface area contributed by atoms with Crippen molar-refractivity contribution < 1.29 is 9.47 Å². The van der Waals surface area contributed by atoms with Crippen LogP contribution in [0.4, 0.5) is 0 Å². The number of hydrogen-bond donors (Lipinski definition) is 0. The summed E-state index contributed by atoms with van der Waals surface area (Å²) in [6.07, 6.45) is 6.01. The summed E-state index contributed by atoms with van der Waals surface area (Å²) in [6.45, 7) is 9.51. The number of ether oxygens (including phenoxy) is 2. The third kappa shape index (κ3) is 2.67. The fourth-order valence-electron chi connectivity index (χ4n) is 2.54. The summed E-state index contributed by atoms with van der Waals surface area (Å²) in [5.41, 5.74) is -0.341. The van der Waals surface area contributed by atoms with Crippen LogP contribution in [0.1, 0.15) is 40.5 Å². The Morgan fingerprint density at radius 3 is 2.37 bits per heavy atom. The van der Waals surface area contributed by atoms with Crippen molar-refractivity contribution >= 4 is 11.8 Å². The highest BCUT2D eigenvalue weighted by Crippen LogP contribution is 2.35. The van der Waals surface area contributed by atoms with Crippen molar-refractivity contribution in [3.05, 3.63) is 12.2 Å². The van der Waals surface area contributed by atoms with Gasteiger partial charge >= 0.3 is 0 Å². The molecule has 1 spiro atoms. The summed E-state index contributed by atoms with van der Waals surface area (Å²) in [5, 5.41) is 0. The minimum atomic E-state index is -0.341. The van der Waals surface area contributed by atoms with Crippen LogP contribution in [0.15, 0.2) is 22.1 Å². The second-order valence-corrected chi connectivity index (χ2v) is 5.35. The third-order valence-corrected chi connectivity index (χ3v) is 3.51. The molecule has 0 saturated carbocycles. The van der Waals surface area contributed by atoms with Gasteiger partial charge in [0.25, 0.3) is 0 Å². The first-order valence-corrected chi connectivity index (χ1v) is 7.21. The van der Waals surface area contributed by atoms with Gasteiger partial charge in [0.1, 0.15) is 11.6 Å². The molecule has 0 unspecified atom stereocenters. The molecule has 19 heavy (non-hydrogen) atoms. The van der Waals surface area contributed by atoms with Crippen molar-refractivity contribution in [3.63, 3.8) is 0 Å². The zero-order chi connectivity index (χ0) is 13.9. The highest BCUT2D eigenvalue weighted by Gasteiger charge is 2.44. The lowest BCUT2D eigenvalue weighted by molar-refractivity contribution is 0.257. The highest BCUT2D eigenvalue weighted by molar-refractivity contribution is 5.97. The highest BCUT2D eigenvalue weighted by atomic mass is 16.5. The Hall–Kier alpha value is -1.32. The zero-order valence-corrected chi connectivity index (χ0v) is 12.3. The van der Waals surface area contributed by atoms with Gasteiger partial charge in [0.2, 0.25) is 11.8 Å². The van der Waals surface area contributed by atoms with Gasteiger partial charge < -0.3 is 9.47 Å². The van der Waals surface area contributed by atoms with Crippen LogP contribution < -0.4 is 0 Å². The Balaban J connectivity index is 2.34. The van der Waals surface area contributed by atoms with Crippen molar-refractivity contribution in [2.75, 3.05) is 13.2 Å². The van der Waals surface area contributed by atoms with Crippen LogP contribution in [0, 0.1) is 5.92 Å². The summed E-state index contributed by atoms with van der Waals surface area (Å²) < 4.78 is 11.5. The van der Waals surface area contributed by atoms with Crippen LogP contribution in [0.3, 0.4) is 0 Å². The molecular formula is C15H24N2O2. The monoisotopic (exact) mass is 264 g/mol. The van der Waals surface area contributed by atoms with E-state index in [1.807, 2.05) is 13.8 Å². The van der Waals surface area contributed by atoms with Crippen molar-refractivity contribution in [1.82, 2.24) is 0 Å². The maximum atomic E-state index is 5.77. The van der Waals surface area contributed by atoms with Crippen LogP contribution >= 0.6 is 0 Å². The van der Waals surface area contributed by atoms with Crippen molar-refractivity contribution in [3.8, 4) is 0 Å². The molecule has 0 aromatic carbocycles. The SMILES string of the molecule is CCOC1=NC2(CC=CC2)C(OCC)=N[C@@H]1C(C)C. The van der Waals surface area contributed by atoms with Gasteiger partial charge in [-0.3, -0.25) is 0 Å².